The number of nitrogens with zero attached hydrogens (tertiary/aromatic N) is 2. The van der Waals surface area contributed by atoms with Crippen LogP contribution < -0.4 is 4.57 Å². The number of H-pyrrole nitrogens is 1. The molecular weight excluding hydrogens is 386 g/mol. The zero-order valence-electron chi connectivity index (χ0n) is 12.7. The number of hydrogen-bond donors (Lipinski definition) is 1. The van der Waals surface area contributed by atoms with Crippen molar-refractivity contribution in [1.29, 1.82) is 0 Å². The Hall–Kier alpha value is -2.17. The summed E-state index contributed by atoms with van der Waals surface area (Å²) in [6.07, 6.45) is 3.96. The average molecular weight is 400 g/mol. The molecule has 0 aliphatic carbocycles. The Morgan fingerprint density at radius 3 is 2.50 bits per heavy atom. The molecule has 1 N–H and O–H groups in total. The van der Waals surface area contributed by atoms with Gasteiger partial charge in [0.2, 0.25) is 0 Å². The van der Waals surface area contributed by atoms with Crippen LogP contribution in [0.25, 0.3) is 22.4 Å². The minimum Gasteiger partial charge on any atom is -0.333 e. The minimum atomic E-state index is 0.642. The molecule has 0 atom stereocenters. The second-order valence-corrected chi connectivity index (χ2v) is 6.94. The van der Waals surface area contributed by atoms with E-state index in [4.69, 9.17) is 11.6 Å². The molecule has 0 aliphatic rings. The van der Waals surface area contributed by atoms with Crippen molar-refractivity contribution in [2.24, 2.45) is 0 Å². The standard InChI is InChI=1S/C19H13BrClN3/c20-15-8-6-13(7-9-15)10-24-11-16(21)18-17(12-24)22-19(23-18)14-4-2-1-3-5-14/h1-9,11-12H,10H2/p+1. The van der Waals surface area contributed by atoms with Crippen molar-refractivity contribution in [3.05, 3.63) is 82.0 Å². The molecule has 3 nitrogen and oxygen atoms in total. The summed E-state index contributed by atoms with van der Waals surface area (Å²) < 4.78 is 3.15. The van der Waals surface area contributed by atoms with E-state index in [1.54, 1.807) is 0 Å². The summed E-state index contributed by atoms with van der Waals surface area (Å²) in [5.41, 5.74) is 3.98. The van der Waals surface area contributed by atoms with Gasteiger partial charge in [-0.25, -0.2) is 4.98 Å². The Morgan fingerprint density at radius 1 is 1.00 bits per heavy atom. The summed E-state index contributed by atoms with van der Waals surface area (Å²) in [5, 5.41) is 0.642. The van der Waals surface area contributed by atoms with Gasteiger partial charge in [-0.05, 0) is 12.1 Å². The van der Waals surface area contributed by atoms with E-state index in [0.717, 1.165) is 33.4 Å². The maximum Gasteiger partial charge on any atom is 0.195 e. The fourth-order valence-corrected chi connectivity index (χ4v) is 3.23. The van der Waals surface area contributed by atoms with Crippen LogP contribution in [0.2, 0.25) is 5.02 Å². The topological polar surface area (TPSA) is 32.6 Å². The third-order valence-corrected chi connectivity index (χ3v) is 4.66. The fourth-order valence-electron chi connectivity index (χ4n) is 2.70. The fraction of sp³-hybridized carbons (Fsp3) is 0.0526. The second-order valence-electron chi connectivity index (χ2n) is 5.62. The minimum absolute atomic E-state index is 0.642. The lowest BCUT2D eigenvalue weighted by Gasteiger charge is -1.99. The first-order valence-corrected chi connectivity index (χ1v) is 8.74. The maximum atomic E-state index is 6.44. The molecule has 0 amide bonds. The molecule has 118 valence electrons. The van der Waals surface area contributed by atoms with Gasteiger partial charge in [-0.1, -0.05) is 70.0 Å². The van der Waals surface area contributed by atoms with Crippen LogP contribution in [0.15, 0.2) is 71.5 Å². The van der Waals surface area contributed by atoms with Crippen LogP contribution in [0.1, 0.15) is 5.56 Å². The van der Waals surface area contributed by atoms with Crippen LogP contribution in [0, 0.1) is 0 Å². The highest BCUT2D eigenvalue weighted by Crippen LogP contribution is 2.24. The number of aromatic nitrogens is 3. The Kier molecular flexibility index (Phi) is 4.08. The van der Waals surface area contributed by atoms with Crippen molar-refractivity contribution in [3.8, 4) is 11.4 Å². The monoisotopic (exact) mass is 398 g/mol. The van der Waals surface area contributed by atoms with E-state index in [0.29, 0.717) is 5.02 Å². The van der Waals surface area contributed by atoms with Gasteiger partial charge in [0, 0.05) is 15.6 Å². The molecule has 0 fully saturated rings. The molecular formula is C19H14BrClN3+. The van der Waals surface area contributed by atoms with Crippen molar-refractivity contribution in [3.63, 3.8) is 0 Å². The smallest absolute Gasteiger partial charge is 0.195 e. The average Bonchev–Trinajstić information content (AvgIpc) is 3.03. The van der Waals surface area contributed by atoms with Gasteiger partial charge in [-0.15, -0.1) is 0 Å². The van der Waals surface area contributed by atoms with Crippen LogP contribution in [0.5, 0.6) is 0 Å². The number of nitrogens with one attached hydrogen (secondary N) is 1. The molecule has 0 aliphatic heterocycles. The lowest BCUT2D eigenvalue weighted by molar-refractivity contribution is -0.687. The highest BCUT2D eigenvalue weighted by molar-refractivity contribution is 9.10. The number of benzene rings is 2. The van der Waals surface area contributed by atoms with E-state index in [1.165, 1.54) is 5.56 Å². The number of halogens is 2. The molecule has 24 heavy (non-hydrogen) atoms. The lowest BCUT2D eigenvalue weighted by Crippen LogP contribution is -2.33. The predicted octanol–water partition coefficient (Wildman–Crippen LogP) is 4.98. The number of fused-ring (bicyclic) bond motifs is 1. The molecule has 0 radical (unpaired) electrons. The Morgan fingerprint density at radius 2 is 1.75 bits per heavy atom. The van der Waals surface area contributed by atoms with Crippen molar-refractivity contribution in [2.45, 2.75) is 6.54 Å². The number of pyridine rings is 1. The molecule has 0 saturated carbocycles. The number of imidazole rings is 1. The summed E-state index contributed by atoms with van der Waals surface area (Å²) in [5.74, 6) is 0.828. The Balaban J connectivity index is 1.72. The van der Waals surface area contributed by atoms with Gasteiger partial charge < -0.3 is 4.98 Å². The first-order chi connectivity index (χ1) is 11.7. The van der Waals surface area contributed by atoms with Gasteiger partial charge in [-0.2, -0.15) is 4.57 Å². The number of aromatic amines is 1. The highest BCUT2D eigenvalue weighted by atomic mass is 79.9. The molecule has 5 heteroatoms. The van der Waals surface area contributed by atoms with E-state index >= 15 is 0 Å². The van der Waals surface area contributed by atoms with E-state index in [1.807, 2.05) is 54.9 Å². The molecule has 0 spiro atoms. The number of rotatable bonds is 3. The van der Waals surface area contributed by atoms with Crippen LogP contribution in [0.3, 0.4) is 0 Å². The summed E-state index contributed by atoms with van der Waals surface area (Å²) >= 11 is 9.90. The van der Waals surface area contributed by atoms with Crippen LogP contribution >= 0.6 is 27.5 Å². The highest BCUT2D eigenvalue weighted by Gasteiger charge is 2.14. The largest absolute Gasteiger partial charge is 0.333 e. The summed E-state index contributed by atoms with van der Waals surface area (Å²) in [7, 11) is 0. The lowest BCUT2D eigenvalue weighted by atomic mass is 10.2. The quantitative estimate of drug-likeness (QED) is 0.484. The van der Waals surface area contributed by atoms with Gasteiger partial charge in [-0.3, -0.25) is 0 Å². The third-order valence-electron chi connectivity index (χ3n) is 3.86. The maximum absolute atomic E-state index is 6.44. The summed E-state index contributed by atoms with van der Waals surface area (Å²) in [6.45, 7) is 0.753. The SMILES string of the molecule is Clc1c[n+](Cc2ccc(Br)cc2)cc2[nH]c(-c3ccccc3)nc12. The molecule has 4 aromatic rings. The van der Waals surface area contributed by atoms with Gasteiger partial charge in [0.15, 0.2) is 18.9 Å². The molecule has 0 unspecified atom stereocenters. The van der Waals surface area contributed by atoms with Gasteiger partial charge in [0.25, 0.3) is 0 Å². The molecule has 4 rings (SSSR count). The summed E-state index contributed by atoms with van der Waals surface area (Å²) in [4.78, 5) is 8.00. The Bertz CT molecular complexity index is 994. The van der Waals surface area contributed by atoms with Gasteiger partial charge >= 0.3 is 0 Å². The number of hydrogen-bond acceptors (Lipinski definition) is 1. The van der Waals surface area contributed by atoms with Crippen molar-refractivity contribution in [1.82, 2.24) is 9.97 Å². The third kappa shape index (κ3) is 3.07. The van der Waals surface area contributed by atoms with Crippen molar-refractivity contribution < 1.29 is 4.57 Å². The second kappa shape index (κ2) is 6.38. The Labute approximate surface area is 153 Å². The van der Waals surface area contributed by atoms with Crippen molar-refractivity contribution in [2.75, 3.05) is 0 Å². The van der Waals surface area contributed by atoms with Crippen LogP contribution in [-0.2, 0) is 6.54 Å². The van der Waals surface area contributed by atoms with E-state index in [9.17, 15) is 0 Å². The normalized spacial score (nSPS) is 11.1. The zero-order valence-corrected chi connectivity index (χ0v) is 15.1. The molecule has 0 saturated heterocycles. The van der Waals surface area contributed by atoms with E-state index in [2.05, 4.69) is 42.6 Å². The van der Waals surface area contributed by atoms with Gasteiger partial charge in [0.05, 0.1) is 0 Å². The first-order valence-electron chi connectivity index (χ1n) is 7.57. The van der Waals surface area contributed by atoms with E-state index < -0.39 is 0 Å². The van der Waals surface area contributed by atoms with Gasteiger partial charge in [0.1, 0.15) is 21.9 Å². The van der Waals surface area contributed by atoms with E-state index in [-0.39, 0.29) is 0 Å². The molecule has 0 bridgehead atoms. The molecule has 2 aromatic carbocycles. The van der Waals surface area contributed by atoms with Crippen LogP contribution in [0.4, 0.5) is 0 Å². The van der Waals surface area contributed by atoms with Crippen molar-refractivity contribution >= 4 is 38.6 Å². The van der Waals surface area contributed by atoms with Crippen LogP contribution in [-0.4, -0.2) is 9.97 Å². The first kappa shape index (κ1) is 15.4. The summed E-state index contributed by atoms with van der Waals surface area (Å²) in [6, 6.07) is 18.3. The molecule has 2 heterocycles. The predicted molar refractivity (Wildman–Crippen MR) is 100.0 cm³/mol. The zero-order chi connectivity index (χ0) is 16.5. The molecule has 2 aromatic heterocycles.